The topological polar surface area (TPSA) is 43.1 Å². The number of aldehydes is 1. The first-order valence-corrected chi connectivity index (χ1v) is 3.97. The third-order valence-electron chi connectivity index (χ3n) is 0.964. The maximum Gasteiger partial charge on any atom is 0.119 e. The van der Waals surface area contributed by atoms with Crippen molar-refractivity contribution in [1.29, 1.82) is 0 Å². The number of carbonyl (C=O) groups excluding carboxylic acids is 1. The summed E-state index contributed by atoms with van der Waals surface area (Å²) in [4.78, 5) is 9.56. The van der Waals surface area contributed by atoms with E-state index >= 15 is 0 Å². The van der Waals surface area contributed by atoms with E-state index in [-0.39, 0.29) is 0 Å². The summed E-state index contributed by atoms with van der Waals surface area (Å²) in [5.41, 5.74) is 5.03. The Morgan fingerprint density at radius 1 is 1.30 bits per heavy atom. The molecule has 0 heterocycles. The Hall–Kier alpha value is -0.370. The highest BCUT2D eigenvalue weighted by Gasteiger charge is 1.74. The van der Waals surface area contributed by atoms with Gasteiger partial charge in [0.05, 0.1) is 0 Å². The fraction of sp³-hybridized carbons (Fsp3) is 0.875. The predicted molar refractivity (Wildman–Crippen MR) is 44.9 cm³/mol. The Morgan fingerprint density at radius 3 is 1.90 bits per heavy atom. The van der Waals surface area contributed by atoms with Crippen molar-refractivity contribution in [2.24, 2.45) is 5.73 Å². The van der Waals surface area contributed by atoms with E-state index < -0.39 is 0 Å². The van der Waals surface area contributed by atoms with Crippen LogP contribution >= 0.6 is 0 Å². The third-order valence-corrected chi connectivity index (χ3v) is 0.964. The number of carbonyl (C=O) groups is 1. The lowest BCUT2D eigenvalue weighted by atomic mass is 10.3. The first-order chi connectivity index (χ1) is 4.83. The molecule has 0 amide bonds. The number of hydrogen-bond acceptors (Lipinski definition) is 2. The maximum absolute atomic E-state index is 9.56. The summed E-state index contributed by atoms with van der Waals surface area (Å²) < 4.78 is 0. The molecule has 2 N–H and O–H groups in total. The number of unbranched alkanes of at least 4 members (excludes halogenated alkanes) is 2. The summed E-state index contributed by atoms with van der Waals surface area (Å²) in [5, 5.41) is 0. The Kier molecular flexibility index (Phi) is 19.5. The second-order valence-corrected chi connectivity index (χ2v) is 2.10. The van der Waals surface area contributed by atoms with E-state index in [0.717, 1.165) is 38.5 Å². The van der Waals surface area contributed by atoms with E-state index in [0.29, 0.717) is 0 Å². The molecule has 0 rings (SSSR count). The molecule has 2 heteroatoms. The molecule has 0 spiro atoms. The largest absolute Gasteiger partial charge is 0.330 e. The van der Waals surface area contributed by atoms with Gasteiger partial charge in [-0.15, -0.1) is 0 Å². The minimum absolute atomic E-state index is 0.733. The van der Waals surface area contributed by atoms with Crippen molar-refractivity contribution in [2.45, 2.75) is 39.5 Å². The average molecular weight is 145 g/mol. The summed E-state index contributed by atoms with van der Waals surface area (Å²) in [6.07, 6.45) is 4.96. The normalized spacial score (nSPS) is 7.90. The predicted octanol–water partition coefficient (Wildman–Crippen LogP) is 1.73. The highest BCUT2D eigenvalue weighted by atomic mass is 16.1. The van der Waals surface area contributed by atoms with Gasteiger partial charge >= 0.3 is 0 Å². The molecule has 0 aromatic heterocycles. The van der Waals surface area contributed by atoms with Gasteiger partial charge in [-0.25, -0.2) is 0 Å². The van der Waals surface area contributed by atoms with Gasteiger partial charge in [-0.2, -0.15) is 0 Å². The minimum Gasteiger partial charge on any atom is -0.330 e. The highest BCUT2D eigenvalue weighted by molar-refractivity contribution is 5.48. The van der Waals surface area contributed by atoms with Crippen molar-refractivity contribution in [3.05, 3.63) is 0 Å². The SMILES string of the molecule is CCCCC=O.CCCN. The van der Waals surface area contributed by atoms with Crippen molar-refractivity contribution < 1.29 is 4.79 Å². The van der Waals surface area contributed by atoms with Gasteiger partial charge in [-0.3, -0.25) is 0 Å². The minimum atomic E-state index is 0.733. The first-order valence-electron chi connectivity index (χ1n) is 3.97. The van der Waals surface area contributed by atoms with Crippen molar-refractivity contribution >= 4 is 6.29 Å². The summed E-state index contributed by atoms with van der Waals surface area (Å²) >= 11 is 0. The Morgan fingerprint density at radius 2 is 1.80 bits per heavy atom. The molecule has 0 aromatic rings. The van der Waals surface area contributed by atoms with Crippen LogP contribution in [0.4, 0.5) is 0 Å². The Balaban J connectivity index is 0. The molecule has 0 aliphatic heterocycles. The molecule has 2 nitrogen and oxygen atoms in total. The second-order valence-electron chi connectivity index (χ2n) is 2.10. The van der Waals surface area contributed by atoms with Gasteiger partial charge in [0.15, 0.2) is 0 Å². The molecule has 0 saturated heterocycles. The molecule has 62 valence electrons. The number of hydrogen-bond donors (Lipinski definition) is 1. The molecule has 0 fully saturated rings. The van der Waals surface area contributed by atoms with E-state index in [2.05, 4.69) is 13.8 Å². The zero-order valence-corrected chi connectivity index (χ0v) is 7.10. The van der Waals surface area contributed by atoms with Crippen molar-refractivity contribution in [2.75, 3.05) is 6.54 Å². The summed E-state index contributed by atoms with van der Waals surface area (Å²) in [7, 11) is 0. The van der Waals surface area contributed by atoms with Crippen molar-refractivity contribution in [3.63, 3.8) is 0 Å². The van der Waals surface area contributed by atoms with Crippen molar-refractivity contribution in [1.82, 2.24) is 0 Å². The first kappa shape index (κ1) is 12.3. The monoisotopic (exact) mass is 145 g/mol. The summed E-state index contributed by atoms with van der Waals surface area (Å²) in [5.74, 6) is 0. The van der Waals surface area contributed by atoms with Gasteiger partial charge in [0, 0.05) is 6.42 Å². The molecule has 0 aliphatic carbocycles. The molecule has 0 aliphatic rings. The van der Waals surface area contributed by atoms with Crippen LogP contribution in [0.5, 0.6) is 0 Å². The van der Waals surface area contributed by atoms with E-state index in [1.54, 1.807) is 0 Å². The van der Waals surface area contributed by atoms with E-state index in [9.17, 15) is 4.79 Å². The smallest absolute Gasteiger partial charge is 0.119 e. The van der Waals surface area contributed by atoms with Crippen LogP contribution < -0.4 is 5.73 Å². The Bertz CT molecular complexity index is 53.2. The number of rotatable bonds is 4. The van der Waals surface area contributed by atoms with Gasteiger partial charge in [0.1, 0.15) is 6.29 Å². The molecule has 0 atom stereocenters. The van der Waals surface area contributed by atoms with Crippen LogP contribution in [0, 0.1) is 0 Å². The van der Waals surface area contributed by atoms with Crippen LogP contribution in [0.2, 0.25) is 0 Å². The fourth-order valence-electron chi connectivity index (χ4n) is 0.287. The van der Waals surface area contributed by atoms with Crippen LogP contribution in [-0.2, 0) is 4.79 Å². The van der Waals surface area contributed by atoms with Crippen LogP contribution in [0.15, 0.2) is 0 Å². The van der Waals surface area contributed by atoms with E-state index in [4.69, 9.17) is 5.73 Å². The zero-order valence-electron chi connectivity index (χ0n) is 7.10. The van der Waals surface area contributed by atoms with Gasteiger partial charge in [0.25, 0.3) is 0 Å². The maximum atomic E-state index is 9.56. The lowest BCUT2D eigenvalue weighted by Gasteiger charge is -1.79. The quantitative estimate of drug-likeness (QED) is 0.483. The molecular weight excluding hydrogens is 126 g/mol. The van der Waals surface area contributed by atoms with Crippen LogP contribution in [0.3, 0.4) is 0 Å². The van der Waals surface area contributed by atoms with Gasteiger partial charge in [-0.05, 0) is 19.4 Å². The second kappa shape index (κ2) is 15.9. The van der Waals surface area contributed by atoms with Crippen LogP contribution in [0.25, 0.3) is 0 Å². The lowest BCUT2D eigenvalue weighted by molar-refractivity contribution is -0.107. The molecule has 0 bridgehead atoms. The summed E-state index contributed by atoms with van der Waals surface area (Å²) in [6.45, 7) is 4.95. The van der Waals surface area contributed by atoms with Crippen LogP contribution in [0.1, 0.15) is 39.5 Å². The molecule has 10 heavy (non-hydrogen) atoms. The third kappa shape index (κ3) is 25.5. The molecule has 0 aromatic carbocycles. The Labute approximate surface area is 63.8 Å². The average Bonchev–Trinajstić information content (AvgIpc) is 2.01. The highest BCUT2D eigenvalue weighted by Crippen LogP contribution is 1.87. The zero-order chi connectivity index (χ0) is 8.24. The standard InChI is InChI=1S/C5H10O.C3H9N/c1-2-3-4-5-6;1-2-3-4/h5H,2-4H2,1H3;2-4H2,1H3. The van der Waals surface area contributed by atoms with E-state index in [1.807, 2.05) is 0 Å². The lowest BCUT2D eigenvalue weighted by Crippen LogP contribution is -1.93. The molecular formula is C8H19NO. The summed E-state index contributed by atoms with van der Waals surface area (Å²) in [6, 6.07) is 0. The fourth-order valence-corrected chi connectivity index (χ4v) is 0.287. The van der Waals surface area contributed by atoms with Gasteiger partial charge in [0.2, 0.25) is 0 Å². The van der Waals surface area contributed by atoms with Crippen LogP contribution in [-0.4, -0.2) is 12.8 Å². The van der Waals surface area contributed by atoms with Gasteiger partial charge < -0.3 is 10.5 Å². The van der Waals surface area contributed by atoms with E-state index in [1.165, 1.54) is 0 Å². The van der Waals surface area contributed by atoms with Gasteiger partial charge in [-0.1, -0.05) is 20.3 Å². The van der Waals surface area contributed by atoms with Crippen molar-refractivity contribution in [3.8, 4) is 0 Å². The molecule has 0 radical (unpaired) electrons. The number of nitrogens with two attached hydrogens (primary N) is 1. The molecule has 0 saturated carbocycles. The molecule has 0 unspecified atom stereocenters.